The lowest BCUT2D eigenvalue weighted by Crippen LogP contribution is -1.99. The first kappa shape index (κ1) is 10.4. The summed E-state index contributed by atoms with van der Waals surface area (Å²) in [5, 5.41) is 15.3. The summed E-state index contributed by atoms with van der Waals surface area (Å²) in [5.41, 5.74) is 3.16. The number of pyridine rings is 2. The van der Waals surface area contributed by atoms with E-state index in [0.29, 0.717) is 11.4 Å². The largest absolute Gasteiger partial charge is 0.265 e. The second-order valence-corrected chi connectivity index (χ2v) is 3.55. The Kier molecular flexibility index (Phi) is 2.67. The van der Waals surface area contributed by atoms with Crippen molar-refractivity contribution in [2.45, 2.75) is 0 Å². The van der Waals surface area contributed by atoms with Gasteiger partial charge in [0, 0.05) is 35.9 Å². The van der Waals surface area contributed by atoms with Crippen LogP contribution in [0.5, 0.6) is 0 Å². The van der Waals surface area contributed by atoms with Crippen molar-refractivity contribution in [2.24, 2.45) is 0 Å². The lowest BCUT2D eigenvalue weighted by Gasteiger charge is -2.04. The third kappa shape index (κ3) is 1.91. The molecule has 0 radical (unpaired) electrons. The van der Waals surface area contributed by atoms with Gasteiger partial charge < -0.3 is 0 Å². The zero-order valence-electron chi connectivity index (χ0n) is 9.30. The van der Waals surface area contributed by atoms with Crippen LogP contribution < -0.4 is 0 Å². The van der Waals surface area contributed by atoms with Crippen molar-refractivity contribution < 1.29 is 0 Å². The maximum Gasteiger partial charge on any atom is 0.123 e. The third-order valence-corrected chi connectivity index (χ3v) is 2.46. The summed E-state index contributed by atoms with van der Waals surface area (Å²) in [7, 11) is 0. The first-order chi connectivity index (χ1) is 8.95. The SMILES string of the molecule is c1cc(-c2nnnnc2-c2ccncc2)ccn1. The van der Waals surface area contributed by atoms with E-state index in [-0.39, 0.29) is 0 Å². The van der Waals surface area contributed by atoms with Crippen LogP contribution in [0.4, 0.5) is 0 Å². The molecule has 3 aromatic rings. The number of aromatic nitrogens is 6. The van der Waals surface area contributed by atoms with Gasteiger partial charge in [0.25, 0.3) is 0 Å². The van der Waals surface area contributed by atoms with Crippen LogP contribution in [0.2, 0.25) is 0 Å². The average molecular weight is 236 g/mol. The minimum absolute atomic E-state index is 0.679. The zero-order valence-corrected chi connectivity index (χ0v) is 9.30. The molecule has 0 aliphatic carbocycles. The Labute approximate surface area is 103 Å². The fourth-order valence-corrected chi connectivity index (χ4v) is 1.63. The van der Waals surface area contributed by atoms with Gasteiger partial charge in [0.05, 0.1) is 0 Å². The summed E-state index contributed by atoms with van der Waals surface area (Å²) < 4.78 is 0. The van der Waals surface area contributed by atoms with Crippen LogP contribution in [-0.4, -0.2) is 30.6 Å². The highest BCUT2D eigenvalue weighted by atomic mass is 15.4. The van der Waals surface area contributed by atoms with E-state index in [4.69, 9.17) is 0 Å². The highest BCUT2D eigenvalue weighted by Gasteiger charge is 2.11. The molecule has 18 heavy (non-hydrogen) atoms. The molecule has 0 aromatic carbocycles. The highest BCUT2D eigenvalue weighted by Crippen LogP contribution is 2.25. The first-order valence-corrected chi connectivity index (χ1v) is 5.32. The van der Waals surface area contributed by atoms with Crippen LogP contribution in [0.3, 0.4) is 0 Å². The maximum absolute atomic E-state index is 4.05. The number of hydrogen-bond donors (Lipinski definition) is 0. The summed E-state index contributed by atoms with van der Waals surface area (Å²) in [6.07, 6.45) is 6.81. The van der Waals surface area contributed by atoms with Gasteiger partial charge in [-0.05, 0) is 34.7 Å². The third-order valence-electron chi connectivity index (χ3n) is 2.46. The van der Waals surface area contributed by atoms with E-state index < -0.39 is 0 Å². The lowest BCUT2D eigenvalue weighted by molar-refractivity contribution is 0.771. The van der Waals surface area contributed by atoms with Crippen molar-refractivity contribution in [1.29, 1.82) is 0 Å². The van der Waals surface area contributed by atoms with E-state index in [1.807, 2.05) is 24.3 Å². The van der Waals surface area contributed by atoms with Gasteiger partial charge in [-0.2, -0.15) is 0 Å². The van der Waals surface area contributed by atoms with Crippen molar-refractivity contribution in [2.75, 3.05) is 0 Å². The van der Waals surface area contributed by atoms with Crippen LogP contribution in [0.25, 0.3) is 22.5 Å². The molecule has 6 nitrogen and oxygen atoms in total. The van der Waals surface area contributed by atoms with Crippen molar-refractivity contribution in [3.63, 3.8) is 0 Å². The Balaban J connectivity index is 2.18. The molecule has 0 fully saturated rings. The molecular weight excluding hydrogens is 228 g/mol. The Morgan fingerprint density at radius 1 is 0.556 bits per heavy atom. The first-order valence-electron chi connectivity index (χ1n) is 5.32. The molecule has 0 amide bonds. The molecule has 3 aromatic heterocycles. The Bertz CT molecular complexity index is 582. The summed E-state index contributed by atoms with van der Waals surface area (Å²) >= 11 is 0. The van der Waals surface area contributed by atoms with Crippen LogP contribution in [0.1, 0.15) is 0 Å². The minimum Gasteiger partial charge on any atom is -0.265 e. The Hall–Kier alpha value is -2.76. The van der Waals surface area contributed by atoms with Crippen molar-refractivity contribution >= 4 is 0 Å². The fraction of sp³-hybridized carbons (Fsp3) is 0. The molecule has 0 saturated heterocycles. The van der Waals surface area contributed by atoms with Gasteiger partial charge in [-0.15, -0.1) is 10.2 Å². The van der Waals surface area contributed by atoms with E-state index in [1.54, 1.807) is 24.8 Å². The minimum atomic E-state index is 0.679. The average Bonchev–Trinajstić information content (AvgIpc) is 2.49. The Morgan fingerprint density at radius 2 is 0.944 bits per heavy atom. The quantitative estimate of drug-likeness (QED) is 0.669. The van der Waals surface area contributed by atoms with E-state index in [2.05, 4.69) is 30.6 Å². The molecule has 0 saturated carbocycles. The van der Waals surface area contributed by atoms with Gasteiger partial charge in [0.1, 0.15) is 11.4 Å². The van der Waals surface area contributed by atoms with E-state index in [9.17, 15) is 0 Å². The molecule has 0 N–H and O–H groups in total. The van der Waals surface area contributed by atoms with Gasteiger partial charge in [0.2, 0.25) is 0 Å². The fourth-order valence-electron chi connectivity index (χ4n) is 1.63. The van der Waals surface area contributed by atoms with Crippen LogP contribution in [-0.2, 0) is 0 Å². The number of hydrogen-bond acceptors (Lipinski definition) is 6. The van der Waals surface area contributed by atoms with Crippen molar-refractivity contribution in [3.8, 4) is 22.5 Å². The molecule has 0 bridgehead atoms. The summed E-state index contributed by atoms with van der Waals surface area (Å²) in [6, 6.07) is 7.43. The molecule has 86 valence electrons. The van der Waals surface area contributed by atoms with Gasteiger partial charge in [-0.25, -0.2) is 0 Å². The predicted molar refractivity (Wildman–Crippen MR) is 64.1 cm³/mol. The zero-order chi connectivity index (χ0) is 12.2. The maximum atomic E-state index is 4.05. The van der Waals surface area contributed by atoms with Gasteiger partial charge >= 0.3 is 0 Å². The van der Waals surface area contributed by atoms with Crippen LogP contribution in [0, 0.1) is 0 Å². The Morgan fingerprint density at radius 3 is 1.33 bits per heavy atom. The summed E-state index contributed by atoms with van der Waals surface area (Å²) in [4.78, 5) is 7.96. The predicted octanol–water partition coefficient (Wildman–Crippen LogP) is 1.39. The standard InChI is InChI=1S/C12H8N6/c1-5-13-6-2-9(1)11-12(16-18-17-15-11)10-3-7-14-8-4-10/h1-8H. The number of rotatable bonds is 2. The number of nitrogens with zero attached hydrogens (tertiary/aromatic N) is 6. The highest BCUT2D eigenvalue weighted by molar-refractivity contribution is 5.76. The molecule has 0 atom stereocenters. The molecule has 0 spiro atoms. The smallest absolute Gasteiger partial charge is 0.123 e. The van der Waals surface area contributed by atoms with Gasteiger partial charge in [0.15, 0.2) is 0 Å². The summed E-state index contributed by atoms with van der Waals surface area (Å²) in [5.74, 6) is 0. The van der Waals surface area contributed by atoms with Gasteiger partial charge in [-0.3, -0.25) is 9.97 Å². The molecular formula is C12H8N6. The van der Waals surface area contributed by atoms with Crippen molar-refractivity contribution in [3.05, 3.63) is 49.1 Å². The molecule has 3 rings (SSSR count). The monoisotopic (exact) mass is 236 g/mol. The van der Waals surface area contributed by atoms with E-state index in [1.165, 1.54) is 0 Å². The second-order valence-electron chi connectivity index (χ2n) is 3.55. The molecule has 3 heterocycles. The second kappa shape index (κ2) is 4.62. The van der Waals surface area contributed by atoms with Gasteiger partial charge in [-0.1, -0.05) is 0 Å². The van der Waals surface area contributed by atoms with E-state index in [0.717, 1.165) is 11.1 Å². The van der Waals surface area contributed by atoms with Crippen LogP contribution >= 0.6 is 0 Å². The van der Waals surface area contributed by atoms with E-state index >= 15 is 0 Å². The topological polar surface area (TPSA) is 77.3 Å². The van der Waals surface area contributed by atoms with Crippen LogP contribution in [0.15, 0.2) is 49.1 Å². The molecule has 0 unspecified atom stereocenters. The summed E-state index contributed by atoms with van der Waals surface area (Å²) in [6.45, 7) is 0. The lowest BCUT2D eigenvalue weighted by atomic mass is 10.1. The van der Waals surface area contributed by atoms with Crippen molar-refractivity contribution in [1.82, 2.24) is 30.6 Å². The molecule has 6 heteroatoms. The molecule has 0 aliphatic heterocycles. The molecule has 0 aliphatic rings. The normalized spacial score (nSPS) is 10.2.